The lowest BCUT2D eigenvalue weighted by Crippen LogP contribution is -1.90. The molecule has 0 aliphatic rings. The Morgan fingerprint density at radius 3 is 2.38 bits per heavy atom. The van der Waals surface area contributed by atoms with E-state index in [0.29, 0.717) is 5.03 Å². The van der Waals surface area contributed by atoms with E-state index in [1.165, 1.54) is 6.08 Å². The first-order valence-corrected chi connectivity index (χ1v) is 2.33. The Labute approximate surface area is 53.4 Å². The molecule has 0 rings (SSSR count). The molecule has 0 radical (unpaired) electrons. The molecule has 8 heavy (non-hydrogen) atoms. The van der Waals surface area contributed by atoms with Gasteiger partial charge in [-0.1, -0.05) is 18.2 Å². The number of nitrogens with two attached hydrogens (primary N) is 1. The predicted molar refractivity (Wildman–Crippen MR) is 36.8 cm³/mol. The molecule has 0 aromatic carbocycles. The van der Waals surface area contributed by atoms with Crippen molar-refractivity contribution in [2.75, 3.05) is 0 Å². The number of hydrogen-bond donors (Lipinski definition) is 1. The minimum atomic E-state index is 0.282. The maximum atomic E-state index is 5.31. The third-order valence-corrected chi connectivity index (χ3v) is 0.596. The van der Waals surface area contributed by atoms with Crippen molar-refractivity contribution in [1.29, 1.82) is 0 Å². The van der Waals surface area contributed by atoms with E-state index < -0.39 is 0 Å². The van der Waals surface area contributed by atoms with E-state index in [0.717, 1.165) is 0 Å². The summed E-state index contributed by atoms with van der Waals surface area (Å²) < 4.78 is 0. The molecule has 2 N–H and O–H groups in total. The molecule has 0 heterocycles. The van der Waals surface area contributed by atoms with E-state index in [1.54, 1.807) is 0 Å². The molecule has 0 fully saturated rings. The second-order valence-corrected chi connectivity index (χ2v) is 1.66. The number of halogens is 1. The number of allylic oxidation sites excluding steroid dienone is 2. The third kappa shape index (κ3) is 3.43. The van der Waals surface area contributed by atoms with E-state index in [2.05, 4.69) is 18.3 Å². The molecular weight excluding hydrogens is 124 g/mol. The molecule has 0 saturated heterocycles. The Morgan fingerprint density at radius 2 is 2.25 bits per heavy atom. The molecule has 0 bridgehead atoms. The topological polar surface area (TPSA) is 38.4 Å². The van der Waals surface area contributed by atoms with Crippen LogP contribution in [-0.4, -0.2) is 6.72 Å². The van der Waals surface area contributed by atoms with Crippen molar-refractivity contribution >= 4 is 18.3 Å². The van der Waals surface area contributed by atoms with Gasteiger partial charge in [0.2, 0.25) is 0 Å². The van der Waals surface area contributed by atoms with Crippen LogP contribution < -0.4 is 5.73 Å². The first-order chi connectivity index (χ1) is 3.66. The van der Waals surface area contributed by atoms with Gasteiger partial charge in [0.25, 0.3) is 0 Å². The zero-order valence-corrected chi connectivity index (χ0v) is 5.15. The molecule has 0 aliphatic heterocycles. The van der Waals surface area contributed by atoms with Gasteiger partial charge in [0.15, 0.2) is 0 Å². The van der Waals surface area contributed by atoms with Gasteiger partial charge >= 0.3 is 0 Å². The lowest BCUT2D eigenvalue weighted by atomic mass is 10.5. The van der Waals surface area contributed by atoms with Crippen molar-refractivity contribution in [2.24, 2.45) is 10.7 Å². The van der Waals surface area contributed by atoms with Gasteiger partial charge in [-0.25, -0.2) is 4.99 Å². The lowest BCUT2D eigenvalue weighted by Gasteiger charge is -1.86. The van der Waals surface area contributed by atoms with Crippen LogP contribution >= 0.6 is 11.6 Å². The zero-order chi connectivity index (χ0) is 6.57. The van der Waals surface area contributed by atoms with Gasteiger partial charge in [-0.2, -0.15) is 0 Å². The maximum Gasteiger partial charge on any atom is 0.124 e. The molecule has 0 amide bonds. The first kappa shape index (κ1) is 7.24. The van der Waals surface area contributed by atoms with Crippen LogP contribution in [0, 0.1) is 0 Å². The summed E-state index contributed by atoms with van der Waals surface area (Å²) in [5, 5.41) is 0.356. The van der Waals surface area contributed by atoms with E-state index in [1.807, 2.05) is 0 Å². The summed E-state index contributed by atoms with van der Waals surface area (Å²) in [6.45, 7) is 6.53. The fourth-order valence-corrected chi connectivity index (χ4v) is 0.318. The highest BCUT2D eigenvalue weighted by atomic mass is 35.5. The molecule has 0 aromatic heterocycles. The summed E-state index contributed by atoms with van der Waals surface area (Å²) in [7, 11) is 0. The molecule has 0 aromatic rings. The van der Waals surface area contributed by atoms with Gasteiger partial charge in [-0.3, -0.25) is 0 Å². The Hall–Kier alpha value is -0.760. The van der Waals surface area contributed by atoms with Crippen LogP contribution in [0.5, 0.6) is 0 Å². The Bertz CT molecular complexity index is 137. The number of hydrogen-bond acceptors (Lipinski definition) is 2. The average Bonchev–Trinajstić information content (AvgIpc) is 1.65. The summed E-state index contributed by atoms with van der Waals surface area (Å²) in [4.78, 5) is 3.37. The fraction of sp³-hybridized carbons (Fsp3) is 0. The second-order valence-electron chi connectivity index (χ2n) is 1.17. The molecule has 0 saturated carbocycles. The van der Waals surface area contributed by atoms with E-state index in [-0.39, 0.29) is 5.82 Å². The molecule has 0 unspecified atom stereocenters. The maximum absolute atomic E-state index is 5.31. The van der Waals surface area contributed by atoms with Crippen LogP contribution in [0.2, 0.25) is 0 Å². The van der Waals surface area contributed by atoms with Crippen LogP contribution in [0.25, 0.3) is 0 Å². The largest absolute Gasteiger partial charge is 0.384 e. The van der Waals surface area contributed by atoms with Crippen molar-refractivity contribution in [2.45, 2.75) is 0 Å². The summed E-state index contributed by atoms with van der Waals surface area (Å²) in [5.41, 5.74) is 5.16. The Kier molecular flexibility index (Phi) is 2.96. The average molecular weight is 131 g/mol. The van der Waals surface area contributed by atoms with Crippen LogP contribution in [0.4, 0.5) is 0 Å². The third-order valence-electron chi connectivity index (χ3n) is 0.487. The molecule has 44 valence electrons. The highest BCUT2D eigenvalue weighted by Gasteiger charge is 1.80. The highest BCUT2D eigenvalue weighted by Crippen LogP contribution is 1.99. The standard InChI is InChI=1S/C5H7ClN2/c1-4(6)3-5(7)8-2/h3H,1-2,7H2/b5-3-. The number of rotatable bonds is 2. The van der Waals surface area contributed by atoms with Crippen molar-refractivity contribution in [1.82, 2.24) is 0 Å². The Morgan fingerprint density at radius 1 is 1.75 bits per heavy atom. The van der Waals surface area contributed by atoms with Gasteiger partial charge < -0.3 is 5.73 Å². The second kappa shape index (κ2) is 3.27. The van der Waals surface area contributed by atoms with E-state index in [9.17, 15) is 0 Å². The summed E-state index contributed by atoms with van der Waals surface area (Å²) >= 11 is 5.31. The SMILES string of the molecule is C=N/C(N)=C\C(=C)Cl. The zero-order valence-electron chi connectivity index (χ0n) is 4.39. The van der Waals surface area contributed by atoms with Gasteiger partial charge in [0.05, 0.1) is 0 Å². The predicted octanol–water partition coefficient (Wildman–Crippen LogP) is 1.24. The smallest absolute Gasteiger partial charge is 0.124 e. The van der Waals surface area contributed by atoms with Crippen molar-refractivity contribution < 1.29 is 0 Å². The summed E-state index contributed by atoms with van der Waals surface area (Å²) in [5.74, 6) is 0.282. The number of nitrogens with zero attached hydrogens (tertiary/aromatic N) is 1. The summed E-state index contributed by atoms with van der Waals surface area (Å²) in [6.07, 6.45) is 1.43. The molecule has 0 aliphatic carbocycles. The summed E-state index contributed by atoms with van der Waals surface area (Å²) in [6, 6.07) is 0. The van der Waals surface area contributed by atoms with E-state index >= 15 is 0 Å². The van der Waals surface area contributed by atoms with Gasteiger partial charge in [0.1, 0.15) is 5.82 Å². The highest BCUT2D eigenvalue weighted by molar-refractivity contribution is 6.30. The van der Waals surface area contributed by atoms with Gasteiger partial charge in [-0.05, 0) is 12.8 Å². The lowest BCUT2D eigenvalue weighted by molar-refractivity contribution is 1.26. The van der Waals surface area contributed by atoms with E-state index in [4.69, 9.17) is 17.3 Å². The Balaban J connectivity index is 3.94. The minimum Gasteiger partial charge on any atom is -0.384 e. The van der Waals surface area contributed by atoms with Crippen molar-refractivity contribution in [3.8, 4) is 0 Å². The van der Waals surface area contributed by atoms with Crippen LogP contribution in [0.15, 0.2) is 28.5 Å². The molecule has 3 heteroatoms. The molecule has 2 nitrogen and oxygen atoms in total. The number of aliphatic imine (C=N–C) groups is 1. The molecule has 0 atom stereocenters. The van der Waals surface area contributed by atoms with Crippen LogP contribution in [0.1, 0.15) is 0 Å². The minimum absolute atomic E-state index is 0.282. The monoisotopic (exact) mass is 130 g/mol. The first-order valence-electron chi connectivity index (χ1n) is 1.95. The van der Waals surface area contributed by atoms with Crippen molar-refractivity contribution in [3.63, 3.8) is 0 Å². The molecular formula is C5H7ClN2. The van der Waals surface area contributed by atoms with Crippen molar-refractivity contribution in [3.05, 3.63) is 23.5 Å². The fourth-order valence-electron chi connectivity index (χ4n) is 0.206. The van der Waals surface area contributed by atoms with Crippen LogP contribution in [-0.2, 0) is 0 Å². The normalized spacial score (nSPS) is 10.9. The van der Waals surface area contributed by atoms with Gasteiger partial charge in [0, 0.05) is 5.03 Å². The molecule has 0 spiro atoms. The quantitative estimate of drug-likeness (QED) is 0.443. The van der Waals surface area contributed by atoms with Gasteiger partial charge in [-0.15, -0.1) is 0 Å². The van der Waals surface area contributed by atoms with Crippen LogP contribution in [0.3, 0.4) is 0 Å².